The molecule has 1 aromatic heterocycles. The second-order valence-electron chi connectivity index (χ2n) is 6.87. The molecule has 2 aliphatic heterocycles. The maximum atomic E-state index is 11.6. The summed E-state index contributed by atoms with van der Waals surface area (Å²) in [6, 6.07) is 8.31. The Morgan fingerprint density at radius 3 is 2.81 bits per heavy atom. The van der Waals surface area contributed by atoms with Gasteiger partial charge in [0.05, 0.1) is 13.7 Å². The Morgan fingerprint density at radius 1 is 1.23 bits per heavy atom. The maximum Gasteiger partial charge on any atom is 0.409 e. The Bertz CT molecular complexity index is 762. The Kier molecular flexibility index (Phi) is 4.88. The van der Waals surface area contributed by atoms with Gasteiger partial charge in [-0.25, -0.2) is 4.79 Å². The van der Waals surface area contributed by atoms with E-state index in [-0.39, 0.29) is 12.0 Å². The van der Waals surface area contributed by atoms with E-state index in [9.17, 15) is 4.79 Å². The van der Waals surface area contributed by atoms with Crippen molar-refractivity contribution in [3.63, 3.8) is 0 Å². The molecule has 0 N–H and O–H groups in total. The average Bonchev–Trinajstić information content (AvgIpc) is 3.40. The largest absolute Gasteiger partial charge is 0.453 e. The number of hydrogen-bond donors (Lipinski definition) is 0. The number of aromatic nitrogens is 2. The zero-order valence-electron chi connectivity index (χ0n) is 14.9. The number of likely N-dealkylation sites (tertiary alicyclic amines) is 1. The lowest BCUT2D eigenvalue weighted by Crippen LogP contribution is -2.37. The highest BCUT2D eigenvalue weighted by molar-refractivity contribution is 5.67. The smallest absolute Gasteiger partial charge is 0.409 e. The van der Waals surface area contributed by atoms with Gasteiger partial charge in [0.2, 0.25) is 11.7 Å². The van der Waals surface area contributed by atoms with Crippen molar-refractivity contribution in [3.05, 3.63) is 35.7 Å². The molecule has 0 spiro atoms. The molecule has 7 heteroatoms. The van der Waals surface area contributed by atoms with Gasteiger partial charge in [-0.2, -0.15) is 4.98 Å². The molecular formula is C19H23N3O4. The Hall–Kier alpha value is -2.41. The van der Waals surface area contributed by atoms with Crippen LogP contribution in [0.2, 0.25) is 0 Å². The number of nitrogens with zero attached hydrogens (tertiary/aromatic N) is 3. The zero-order chi connectivity index (χ0) is 17.9. The second kappa shape index (κ2) is 7.45. The third kappa shape index (κ3) is 3.44. The number of piperidine rings is 1. The van der Waals surface area contributed by atoms with Crippen LogP contribution in [0.3, 0.4) is 0 Å². The molecule has 2 saturated heterocycles. The minimum Gasteiger partial charge on any atom is -0.453 e. The lowest BCUT2D eigenvalue weighted by atomic mass is 9.96. The first-order valence-corrected chi connectivity index (χ1v) is 9.09. The predicted molar refractivity (Wildman–Crippen MR) is 93.9 cm³/mol. The molecule has 3 heterocycles. The summed E-state index contributed by atoms with van der Waals surface area (Å²) in [7, 11) is 1.41. The molecule has 4 rings (SSSR count). The summed E-state index contributed by atoms with van der Waals surface area (Å²) in [6.45, 7) is 2.89. The number of carbonyl (C=O) groups excluding carboxylic acids is 1. The van der Waals surface area contributed by atoms with Gasteiger partial charge in [-0.15, -0.1) is 0 Å². The molecule has 0 radical (unpaired) electrons. The summed E-state index contributed by atoms with van der Waals surface area (Å²) in [5, 5.41) is 4.18. The first kappa shape index (κ1) is 17.0. The molecule has 0 aliphatic carbocycles. The highest BCUT2D eigenvalue weighted by Gasteiger charge is 2.28. The Labute approximate surface area is 152 Å². The van der Waals surface area contributed by atoms with Crippen LogP contribution in [0.15, 0.2) is 28.8 Å². The first-order valence-electron chi connectivity index (χ1n) is 9.09. The van der Waals surface area contributed by atoms with Crippen LogP contribution in [0, 0.1) is 0 Å². The molecule has 1 amide bonds. The van der Waals surface area contributed by atoms with E-state index in [2.05, 4.69) is 22.3 Å². The molecule has 138 valence electrons. The Balaban J connectivity index is 1.45. The van der Waals surface area contributed by atoms with Gasteiger partial charge in [-0.05, 0) is 30.9 Å². The highest BCUT2D eigenvalue weighted by atomic mass is 16.5. The van der Waals surface area contributed by atoms with Crippen molar-refractivity contribution in [1.82, 2.24) is 15.0 Å². The van der Waals surface area contributed by atoms with Crippen LogP contribution in [0.5, 0.6) is 0 Å². The van der Waals surface area contributed by atoms with Crippen LogP contribution in [0.4, 0.5) is 4.79 Å². The second-order valence-corrected chi connectivity index (χ2v) is 6.87. The third-order valence-corrected chi connectivity index (χ3v) is 5.26. The van der Waals surface area contributed by atoms with Crippen LogP contribution in [0.1, 0.15) is 42.6 Å². The van der Waals surface area contributed by atoms with Crippen molar-refractivity contribution in [2.24, 2.45) is 0 Å². The van der Waals surface area contributed by atoms with Crippen LogP contribution in [-0.2, 0) is 9.47 Å². The summed E-state index contributed by atoms with van der Waals surface area (Å²) >= 11 is 0. The maximum absolute atomic E-state index is 11.6. The Morgan fingerprint density at radius 2 is 2.08 bits per heavy atom. The third-order valence-electron chi connectivity index (χ3n) is 5.26. The lowest BCUT2D eigenvalue weighted by molar-refractivity contribution is 0.109. The van der Waals surface area contributed by atoms with Gasteiger partial charge < -0.3 is 18.9 Å². The molecule has 7 nitrogen and oxygen atoms in total. The molecule has 2 fully saturated rings. The molecular weight excluding hydrogens is 334 g/mol. The number of rotatable bonds is 3. The van der Waals surface area contributed by atoms with E-state index in [4.69, 9.17) is 14.0 Å². The van der Waals surface area contributed by atoms with Gasteiger partial charge in [0, 0.05) is 37.1 Å². The van der Waals surface area contributed by atoms with Crippen molar-refractivity contribution >= 4 is 6.09 Å². The molecule has 1 unspecified atom stereocenters. The summed E-state index contributed by atoms with van der Waals surface area (Å²) in [4.78, 5) is 17.9. The summed E-state index contributed by atoms with van der Waals surface area (Å²) in [6.07, 6.45) is 2.38. The first-order chi connectivity index (χ1) is 12.7. The van der Waals surface area contributed by atoms with Crippen LogP contribution < -0.4 is 0 Å². The van der Waals surface area contributed by atoms with Gasteiger partial charge in [-0.1, -0.05) is 23.4 Å². The van der Waals surface area contributed by atoms with Gasteiger partial charge in [0.1, 0.15) is 0 Å². The van der Waals surface area contributed by atoms with E-state index < -0.39 is 0 Å². The molecule has 0 bridgehead atoms. The van der Waals surface area contributed by atoms with E-state index in [0.717, 1.165) is 38.0 Å². The summed E-state index contributed by atoms with van der Waals surface area (Å²) < 4.78 is 15.8. The molecule has 1 atom stereocenters. The van der Waals surface area contributed by atoms with Gasteiger partial charge in [0.15, 0.2) is 0 Å². The van der Waals surface area contributed by atoms with Crippen molar-refractivity contribution < 1.29 is 18.8 Å². The fourth-order valence-corrected chi connectivity index (χ4v) is 3.69. The normalized spacial score (nSPS) is 21.1. The highest BCUT2D eigenvalue weighted by Crippen LogP contribution is 2.31. The van der Waals surface area contributed by atoms with Gasteiger partial charge in [-0.3, -0.25) is 0 Å². The average molecular weight is 357 g/mol. The fraction of sp³-hybridized carbons (Fsp3) is 0.526. The van der Waals surface area contributed by atoms with E-state index >= 15 is 0 Å². The monoisotopic (exact) mass is 357 g/mol. The number of ether oxygens (including phenoxy) is 2. The fourth-order valence-electron chi connectivity index (χ4n) is 3.69. The summed E-state index contributed by atoms with van der Waals surface area (Å²) in [5.74, 6) is 1.91. The molecule has 2 aromatic rings. The van der Waals surface area contributed by atoms with Crippen molar-refractivity contribution in [2.45, 2.75) is 31.1 Å². The topological polar surface area (TPSA) is 77.7 Å². The predicted octanol–water partition coefficient (Wildman–Crippen LogP) is 3.19. The van der Waals surface area contributed by atoms with Crippen LogP contribution in [0.25, 0.3) is 11.4 Å². The zero-order valence-corrected chi connectivity index (χ0v) is 14.9. The minimum atomic E-state index is -0.276. The quantitative estimate of drug-likeness (QED) is 0.839. The standard InChI is InChI=1S/C19H23N3O4/c1-24-19(23)22-8-5-13(6-9-22)18-20-17(21-26-18)15-4-2-3-14(11-15)16-7-10-25-12-16/h2-4,11,13,16H,5-10,12H2,1H3. The number of amides is 1. The van der Waals surface area contributed by atoms with Gasteiger partial charge >= 0.3 is 6.09 Å². The molecule has 1 aromatic carbocycles. The van der Waals surface area contributed by atoms with Crippen molar-refractivity contribution in [1.29, 1.82) is 0 Å². The number of methoxy groups -OCH3 is 1. The molecule has 0 saturated carbocycles. The number of carbonyl (C=O) groups is 1. The van der Waals surface area contributed by atoms with Crippen molar-refractivity contribution in [2.75, 3.05) is 33.4 Å². The summed E-state index contributed by atoms with van der Waals surface area (Å²) in [5.41, 5.74) is 2.23. The molecule has 2 aliphatic rings. The molecule has 26 heavy (non-hydrogen) atoms. The van der Waals surface area contributed by atoms with Crippen LogP contribution >= 0.6 is 0 Å². The van der Waals surface area contributed by atoms with Crippen molar-refractivity contribution in [3.8, 4) is 11.4 Å². The lowest BCUT2D eigenvalue weighted by Gasteiger charge is -2.28. The minimum absolute atomic E-state index is 0.184. The van der Waals surface area contributed by atoms with E-state index in [1.807, 2.05) is 12.1 Å². The van der Waals surface area contributed by atoms with Gasteiger partial charge in [0.25, 0.3) is 0 Å². The van der Waals surface area contributed by atoms with E-state index in [1.54, 1.807) is 4.90 Å². The SMILES string of the molecule is COC(=O)N1CCC(c2nc(-c3cccc(C4CCOC4)c3)no2)CC1. The van der Waals surface area contributed by atoms with Crippen LogP contribution in [-0.4, -0.2) is 54.5 Å². The number of benzene rings is 1. The van der Waals surface area contributed by atoms with E-state index in [0.29, 0.717) is 30.7 Å². The van der Waals surface area contributed by atoms with E-state index in [1.165, 1.54) is 12.7 Å². The number of hydrogen-bond acceptors (Lipinski definition) is 6.